The van der Waals surface area contributed by atoms with Crippen LogP contribution in [0.2, 0.25) is 0 Å². The second kappa shape index (κ2) is 6.97. The molecule has 0 aliphatic heterocycles. The van der Waals surface area contributed by atoms with E-state index in [0.29, 0.717) is 11.3 Å². The van der Waals surface area contributed by atoms with Crippen LogP contribution in [0.1, 0.15) is 12.5 Å². The number of nitrogens with one attached hydrogen (secondary N) is 2. The number of rotatable bonds is 4. The second-order valence-corrected chi connectivity index (χ2v) is 3.34. The molecule has 5 heteroatoms. The highest BCUT2D eigenvalue weighted by molar-refractivity contribution is 5.91. The van der Waals surface area contributed by atoms with Gasteiger partial charge in [0.05, 0.1) is 6.61 Å². The Labute approximate surface area is 106 Å². The summed E-state index contributed by atoms with van der Waals surface area (Å²) in [4.78, 5) is 22.4. The molecule has 0 aromatic heterocycles. The van der Waals surface area contributed by atoms with Crippen LogP contribution in [0.4, 0.5) is 10.5 Å². The number of urea groups is 1. The summed E-state index contributed by atoms with van der Waals surface area (Å²) in [6.45, 7) is 1.81. The lowest BCUT2D eigenvalue weighted by Gasteiger charge is -2.07. The molecule has 0 atom stereocenters. The molecule has 1 rings (SSSR count). The van der Waals surface area contributed by atoms with Gasteiger partial charge in [-0.1, -0.05) is 12.0 Å². The van der Waals surface area contributed by atoms with Crippen LogP contribution in [-0.2, 0) is 9.53 Å². The van der Waals surface area contributed by atoms with Gasteiger partial charge in [0.15, 0.2) is 0 Å². The summed E-state index contributed by atoms with van der Waals surface area (Å²) in [7, 11) is 0. The molecular formula is C13H14N2O3. The molecule has 0 aliphatic carbocycles. The lowest BCUT2D eigenvalue weighted by Crippen LogP contribution is -2.34. The minimum atomic E-state index is -0.489. The summed E-state index contributed by atoms with van der Waals surface area (Å²) in [5.41, 5.74) is 1.23. The third-order valence-corrected chi connectivity index (χ3v) is 1.99. The monoisotopic (exact) mass is 246 g/mol. The second-order valence-electron chi connectivity index (χ2n) is 3.34. The van der Waals surface area contributed by atoms with Gasteiger partial charge in [-0.2, -0.15) is 0 Å². The summed E-state index contributed by atoms with van der Waals surface area (Å²) in [5.74, 6) is 1.98. The number of carbonyl (C=O) groups is 2. The van der Waals surface area contributed by atoms with E-state index in [9.17, 15) is 9.59 Å². The summed E-state index contributed by atoms with van der Waals surface area (Å²) >= 11 is 0. The average Bonchev–Trinajstić information content (AvgIpc) is 2.37. The Morgan fingerprint density at radius 3 is 2.89 bits per heavy atom. The summed E-state index contributed by atoms with van der Waals surface area (Å²) < 4.78 is 4.67. The van der Waals surface area contributed by atoms with Crippen molar-refractivity contribution in [2.24, 2.45) is 0 Å². The van der Waals surface area contributed by atoms with Crippen molar-refractivity contribution >= 4 is 17.7 Å². The van der Waals surface area contributed by atoms with Crippen LogP contribution in [-0.4, -0.2) is 25.2 Å². The molecular weight excluding hydrogens is 232 g/mol. The molecule has 0 spiro atoms. The number of ether oxygens (including phenoxy) is 1. The number of terminal acetylenes is 1. The third-order valence-electron chi connectivity index (χ3n) is 1.99. The minimum absolute atomic E-state index is 0.172. The van der Waals surface area contributed by atoms with Crippen molar-refractivity contribution in [1.82, 2.24) is 5.32 Å². The van der Waals surface area contributed by atoms with Gasteiger partial charge in [-0.3, -0.25) is 4.79 Å². The van der Waals surface area contributed by atoms with Crippen molar-refractivity contribution in [1.29, 1.82) is 0 Å². The zero-order valence-electron chi connectivity index (χ0n) is 10.0. The van der Waals surface area contributed by atoms with Crippen molar-refractivity contribution in [3.05, 3.63) is 29.8 Å². The number of hydrogen-bond donors (Lipinski definition) is 2. The number of esters is 1. The molecule has 0 saturated heterocycles. The smallest absolute Gasteiger partial charge is 0.325 e. The first-order valence-corrected chi connectivity index (χ1v) is 5.43. The van der Waals surface area contributed by atoms with Crippen LogP contribution in [0.15, 0.2) is 24.3 Å². The van der Waals surface area contributed by atoms with E-state index in [2.05, 4.69) is 21.3 Å². The highest BCUT2D eigenvalue weighted by Crippen LogP contribution is 2.09. The highest BCUT2D eigenvalue weighted by Gasteiger charge is 2.05. The molecule has 1 aromatic rings. The van der Waals surface area contributed by atoms with Gasteiger partial charge in [-0.15, -0.1) is 6.42 Å². The van der Waals surface area contributed by atoms with Gasteiger partial charge in [-0.05, 0) is 25.1 Å². The first-order valence-electron chi connectivity index (χ1n) is 5.43. The van der Waals surface area contributed by atoms with E-state index < -0.39 is 12.0 Å². The minimum Gasteiger partial charge on any atom is -0.465 e. The van der Waals surface area contributed by atoms with Crippen LogP contribution < -0.4 is 10.6 Å². The maximum Gasteiger partial charge on any atom is 0.325 e. The largest absolute Gasteiger partial charge is 0.465 e. The van der Waals surface area contributed by atoms with Crippen LogP contribution >= 0.6 is 0 Å². The van der Waals surface area contributed by atoms with E-state index in [1.165, 1.54) is 0 Å². The Hall–Kier alpha value is -2.48. The predicted octanol–water partition coefficient (Wildman–Crippen LogP) is 1.35. The summed E-state index contributed by atoms with van der Waals surface area (Å²) in [6.07, 6.45) is 5.24. The zero-order chi connectivity index (χ0) is 13.4. The topological polar surface area (TPSA) is 67.4 Å². The highest BCUT2D eigenvalue weighted by atomic mass is 16.5. The molecule has 2 amide bonds. The van der Waals surface area contributed by atoms with Gasteiger partial charge in [0.25, 0.3) is 0 Å². The fourth-order valence-corrected chi connectivity index (χ4v) is 1.23. The molecule has 0 radical (unpaired) electrons. The standard InChI is InChI=1S/C13H14N2O3/c1-3-10-6-5-7-11(8-10)15-13(17)14-9-12(16)18-4-2/h1,5-8H,4,9H2,2H3,(H2,14,15,17). The van der Waals surface area contributed by atoms with Crippen molar-refractivity contribution in [2.45, 2.75) is 6.92 Å². The number of amides is 2. The molecule has 0 heterocycles. The Bertz CT molecular complexity index is 477. The number of carbonyl (C=O) groups excluding carboxylic acids is 2. The van der Waals surface area contributed by atoms with Gasteiger partial charge >= 0.3 is 12.0 Å². The molecule has 0 bridgehead atoms. The summed E-state index contributed by atoms with van der Waals surface area (Å²) in [6, 6.07) is 6.35. The van der Waals surface area contributed by atoms with E-state index >= 15 is 0 Å². The number of hydrogen-bond acceptors (Lipinski definition) is 3. The molecule has 18 heavy (non-hydrogen) atoms. The van der Waals surface area contributed by atoms with Crippen molar-refractivity contribution in [3.8, 4) is 12.3 Å². The first-order chi connectivity index (χ1) is 8.65. The van der Waals surface area contributed by atoms with Gasteiger partial charge < -0.3 is 15.4 Å². The molecule has 0 fully saturated rings. The molecule has 1 aromatic carbocycles. The first kappa shape index (κ1) is 13.6. The molecule has 5 nitrogen and oxygen atoms in total. The van der Waals surface area contributed by atoms with Crippen LogP contribution in [0, 0.1) is 12.3 Å². The average molecular weight is 246 g/mol. The maximum absolute atomic E-state index is 11.4. The molecule has 0 unspecified atom stereocenters. The Morgan fingerprint density at radius 2 is 2.22 bits per heavy atom. The van der Waals surface area contributed by atoms with Gasteiger partial charge in [0.1, 0.15) is 6.54 Å². The fourth-order valence-electron chi connectivity index (χ4n) is 1.23. The molecule has 0 saturated carbocycles. The predicted molar refractivity (Wildman–Crippen MR) is 68.0 cm³/mol. The third kappa shape index (κ3) is 4.58. The maximum atomic E-state index is 11.4. The number of anilines is 1. The SMILES string of the molecule is C#Cc1cccc(NC(=O)NCC(=O)OCC)c1. The van der Waals surface area contributed by atoms with E-state index in [0.717, 1.165) is 0 Å². The van der Waals surface area contributed by atoms with E-state index in [1.54, 1.807) is 31.2 Å². The molecule has 0 aliphatic rings. The zero-order valence-corrected chi connectivity index (χ0v) is 10.0. The Balaban J connectivity index is 2.45. The van der Waals surface area contributed by atoms with E-state index in [4.69, 9.17) is 6.42 Å². The lowest BCUT2D eigenvalue weighted by molar-refractivity contribution is -0.141. The molecule has 94 valence electrons. The van der Waals surface area contributed by atoms with E-state index in [1.807, 2.05) is 0 Å². The van der Waals surface area contributed by atoms with E-state index in [-0.39, 0.29) is 13.2 Å². The Kier molecular flexibility index (Phi) is 5.26. The van der Waals surface area contributed by atoms with Crippen molar-refractivity contribution < 1.29 is 14.3 Å². The van der Waals surface area contributed by atoms with Gasteiger partial charge in [0.2, 0.25) is 0 Å². The quantitative estimate of drug-likeness (QED) is 0.622. The van der Waals surface area contributed by atoms with Crippen molar-refractivity contribution in [2.75, 3.05) is 18.5 Å². The lowest BCUT2D eigenvalue weighted by atomic mass is 10.2. The number of benzene rings is 1. The fraction of sp³-hybridized carbons (Fsp3) is 0.231. The summed E-state index contributed by atoms with van der Waals surface area (Å²) in [5, 5.41) is 4.94. The van der Waals surface area contributed by atoms with Crippen LogP contribution in [0.25, 0.3) is 0 Å². The normalized spacial score (nSPS) is 9.11. The van der Waals surface area contributed by atoms with Crippen molar-refractivity contribution in [3.63, 3.8) is 0 Å². The van der Waals surface area contributed by atoms with Gasteiger partial charge in [-0.25, -0.2) is 4.79 Å². The van der Waals surface area contributed by atoms with Crippen LogP contribution in [0.5, 0.6) is 0 Å². The van der Waals surface area contributed by atoms with Crippen LogP contribution in [0.3, 0.4) is 0 Å². The molecule has 2 N–H and O–H groups in total. The van der Waals surface area contributed by atoms with Gasteiger partial charge in [0, 0.05) is 11.3 Å². The Morgan fingerprint density at radius 1 is 1.44 bits per heavy atom.